The second-order valence-corrected chi connectivity index (χ2v) is 6.05. The van der Waals surface area contributed by atoms with Gasteiger partial charge >= 0.3 is 5.97 Å². The summed E-state index contributed by atoms with van der Waals surface area (Å²) in [5.41, 5.74) is 2.18. The number of hydrogen-bond acceptors (Lipinski definition) is 3. The van der Waals surface area contributed by atoms with Gasteiger partial charge in [0.2, 0.25) is 0 Å². The molecule has 0 aliphatic carbocycles. The molecule has 0 bridgehead atoms. The maximum absolute atomic E-state index is 11.7. The fraction of sp³-hybridized carbons (Fsp3) is 0.350. The van der Waals surface area contributed by atoms with E-state index in [9.17, 15) is 9.90 Å². The SMILES string of the molecule is CCOc1cccc(C(c2ccccc2)N2CCCC2C(=O)O)c1. The van der Waals surface area contributed by atoms with E-state index in [1.807, 2.05) is 43.3 Å². The van der Waals surface area contributed by atoms with Gasteiger partial charge in [0.15, 0.2) is 0 Å². The molecule has 4 heteroatoms. The molecule has 2 unspecified atom stereocenters. The number of hydrogen-bond donors (Lipinski definition) is 1. The normalized spacial score (nSPS) is 19.1. The zero-order chi connectivity index (χ0) is 16.9. The van der Waals surface area contributed by atoms with Gasteiger partial charge < -0.3 is 9.84 Å². The first kappa shape index (κ1) is 16.5. The smallest absolute Gasteiger partial charge is 0.320 e. The predicted octanol–water partition coefficient (Wildman–Crippen LogP) is 3.72. The molecule has 0 spiro atoms. The minimum Gasteiger partial charge on any atom is -0.494 e. The summed E-state index contributed by atoms with van der Waals surface area (Å²) < 4.78 is 5.63. The Morgan fingerprint density at radius 2 is 1.96 bits per heavy atom. The van der Waals surface area contributed by atoms with Crippen molar-refractivity contribution in [3.8, 4) is 5.75 Å². The monoisotopic (exact) mass is 325 g/mol. The second-order valence-electron chi connectivity index (χ2n) is 6.05. The number of aliphatic carboxylic acids is 1. The van der Waals surface area contributed by atoms with Crippen molar-refractivity contribution in [2.45, 2.75) is 31.8 Å². The van der Waals surface area contributed by atoms with E-state index in [1.165, 1.54) is 0 Å². The third-order valence-electron chi connectivity index (χ3n) is 4.51. The van der Waals surface area contributed by atoms with Gasteiger partial charge in [-0.25, -0.2) is 0 Å². The Kier molecular flexibility index (Phi) is 5.16. The number of carboxylic acid groups (broad SMARTS) is 1. The zero-order valence-corrected chi connectivity index (χ0v) is 13.9. The number of likely N-dealkylation sites (tertiary alicyclic amines) is 1. The number of ether oxygens (including phenoxy) is 1. The van der Waals surface area contributed by atoms with Crippen molar-refractivity contribution in [3.05, 3.63) is 65.7 Å². The van der Waals surface area contributed by atoms with Gasteiger partial charge in [-0.1, -0.05) is 42.5 Å². The van der Waals surface area contributed by atoms with Gasteiger partial charge in [0.1, 0.15) is 11.8 Å². The van der Waals surface area contributed by atoms with E-state index in [1.54, 1.807) is 0 Å². The molecule has 4 nitrogen and oxygen atoms in total. The Morgan fingerprint density at radius 1 is 1.21 bits per heavy atom. The number of carbonyl (C=O) groups is 1. The first-order chi connectivity index (χ1) is 11.7. The molecule has 0 aromatic heterocycles. The standard InChI is InChI=1S/C20H23NO3/c1-2-24-17-11-6-10-16(14-17)19(15-8-4-3-5-9-15)21-13-7-12-18(21)20(22)23/h3-6,8-11,14,18-19H,2,7,12-13H2,1H3,(H,22,23). The van der Waals surface area contributed by atoms with Gasteiger partial charge in [-0.2, -0.15) is 0 Å². The molecule has 2 aromatic rings. The molecule has 1 saturated heterocycles. The largest absolute Gasteiger partial charge is 0.494 e. The third kappa shape index (κ3) is 3.44. The summed E-state index contributed by atoms with van der Waals surface area (Å²) in [6.07, 6.45) is 1.61. The maximum atomic E-state index is 11.7. The highest BCUT2D eigenvalue weighted by Gasteiger charge is 2.36. The Bertz CT molecular complexity index is 686. The van der Waals surface area contributed by atoms with E-state index in [0.29, 0.717) is 13.0 Å². The van der Waals surface area contributed by atoms with Gasteiger partial charge in [0, 0.05) is 6.54 Å². The number of carboxylic acids is 1. The Balaban J connectivity index is 2.03. The molecular weight excluding hydrogens is 302 g/mol. The topological polar surface area (TPSA) is 49.8 Å². The second kappa shape index (κ2) is 7.49. The Hall–Kier alpha value is -2.33. The van der Waals surface area contributed by atoms with Gasteiger partial charge in [-0.3, -0.25) is 9.69 Å². The highest BCUT2D eigenvalue weighted by Crippen LogP contribution is 2.36. The number of rotatable bonds is 6. The summed E-state index contributed by atoms with van der Waals surface area (Å²) in [7, 11) is 0. The van der Waals surface area contributed by atoms with Crippen molar-refractivity contribution in [3.63, 3.8) is 0 Å². The van der Waals surface area contributed by atoms with Crippen LogP contribution in [0.15, 0.2) is 54.6 Å². The van der Waals surface area contributed by atoms with E-state index in [2.05, 4.69) is 23.1 Å². The van der Waals surface area contributed by atoms with Crippen molar-refractivity contribution in [1.82, 2.24) is 4.90 Å². The molecule has 1 fully saturated rings. The molecular formula is C20H23NO3. The lowest BCUT2D eigenvalue weighted by Gasteiger charge is -2.32. The Morgan fingerprint density at radius 3 is 2.67 bits per heavy atom. The van der Waals surface area contributed by atoms with Crippen LogP contribution in [0, 0.1) is 0 Å². The molecule has 1 aliphatic heterocycles. The first-order valence-corrected chi connectivity index (χ1v) is 8.47. The fourth-order valence-corrected chi connectivity index (χ4v) is 3.52. The summed E-state index contributed by atoms with van der Waals surface area (Å²) in [6, 6.07) is 17.6. The molecule has 126 valence electrons. The quantitative estimate of drug-likeness (QED) is 0.879. The lowest BCUT2D eigenvalue weighted by Crippen LogP contribution is -2.39. The van der Waals surface area contributed by atoms with Gasteiger partial charge in [0.25, 0.3) is 0 Å². The maximum Gasteiger partial charge on any atom is 0.320 e. The molecule has 24 heavy (non-hydrogen) atoms. The van der Waals surface area contributed by atoms with Crippen molar-refractivity contribution < 1.29 is 14.6 Å². The van der Waals surface area contributed by atoms with E-state index < -0.39 is 12.0 Å². The van der Waals surface area contributed by atoms with Crippen LogP contribution in [-0.2, 0) is 4.79 Å². The molecule has 2 aromatic carbocycles. The van der Waals surface area contributed by atoms with Gasteiger partial charge in [-0.15, -0.1) is 0 Å². The van der Waals surface area contributed by atoms with Crippen LogP contribution in [0.3, 0.4) is 0 Å². The van der Waals surface area contributed by atoms with Crippen LogP contribution in [0.4, 0.5) is 0 Å². The van der Waals surface area contributed by atoms with Crippen LogP contribution in [-0.4, -0.2) is 35.2 Å². The molecule has 1 N–H and O–H groups in total. The lowest BCUT2D eigenvalue weighted by atomic mass is 9.96. The highest BCUT2D eigenvalue weighted by molar-refractivity contribution is 5.74. The minimum atomic E-state index is -0.741. The number of benzene rings is 2. The molecule has 0 saturated carbocycles. The predicted molar refractivity (Wildman–Crippen MR) is 93.3 cm³/mol. The minimum absolute atomic E-state index is 0.0739. The van der Waals surface area contributed by atoms with E-state index in [4.69, 9.17) is 4.74 Å². The molecule has 0 amide bonds. The van der Waals surface area contributed by atoms with Crippen LogP contribution >= 0.6 is 0 Å². The van der Waals surface area contributed by atoms with Gasteiger partial charge in [-0.05, 0) is 43.0 Å². The fourth-order valence-electron chi connectivity index (χ4n) is 3.52. The summed E-state index contributed by atoms with van der Waals surface area (Å²) in [6.45, 7) is 3.36. The molecule has 2 atom stereocenters. The zero-order valence-electron chi connectivity index (χ0n) is 13.9. The first-order valence-electron chi connectivity index (χ1n) is 8.47. The highest BCUT2D eigenvalue weighted by atomic mass is 16.5. The summed E-state index contributed by atoms with van der Waals surface area (Å²) in [5.74, 6) is 0.0800. The van der Waals surface area contributed by atoms with Crippen LogP contribution in [0.25, 0.3) is 0 Å². The lowest BCUT2D eigenvalue weighted by molar-refractivity contribution is -0.142. The average Bonchev–Trinajstić information content (AvgIpc) is 3.06. The van der Waals surface area contributed by atoms with Crippen LogP contribution < -0.4 is 4.74 Å². The van der Waals surface area contributed by atoms with Crippen molar-refractivity contribution >= 4 is 5.97 Å². The van der Waals surface area contributed by atoms with Crippen molar-refractivity contribution in [1.29, 1.82) is 0 Å². The van der Waals surface area contributed by atoms with Crippen LogP contribution in [0.5, 0.6) is 5.75 Å². The van der Waals surface area contributed by atoms with E-state index in [-0.39, 0.29) is 6.04 Å². The molecule has 1 aliphatic rings. The van der Waals surface area contributed by atoms with Gasteiger partial charge in [0.05, 0.1) is 12.6 Å². The van der Waals surface area contributed by atoms with Crippen LogP contribution in [0.2, 0.25) is 0 Å². The van der Waals surface area contributed by atoms with Crippen molar-refractivity contribution in [2.24, 2.45) is 0 Å². The van der Waals surface area contributed by atoms with Crippen LogP contribution in [0.1, 0.15) is 36.9 Å². The molecule has 1 heterocycles. The van der Waals surface area contributed by atoms with E-state index in [0.717, 1.165) is 29.8 Å². The molecule has 3 rings (SSSR count). The summed E-state index contributed by atoms with van der Waals surface area (Å²) in [4.78, 5) is 13.8. The van der Waals surface area contributed by atoms with E-state index >= 15 is 0 Å². The summed E-state index contributed by atoms with van der Waals surface area (Å²) >= 11 is 0. The number of nitrogens with zero attached hydrogens (tertiary/aromatic N) is 1. The Labute approximate surface area is 142 Å². The summed E-state index contributed by atoms with van der Waals surface area (Å²) in [5, 5.41) is 9.60. The third-order valence-corrected chi connectivity index (χ3v) is 4.51. The average molecular weight is 325 g/mol. The van der Waals surface area contributed by atoms with Crippen molar-refractivity contribution in [2.75, 3.05) is 13.2 Å². The molecule has 0 radical (unpaired) electrons.